The van der Waals surface area contributed by atoms with Crippen LogP contribution < -0.4 is 5.31 Å². The average Bonchev–Trinajstić information content (AvgIpc) is 2.13. The summed E-state index contributed by atoms with van der Waals surface area (Å²) in [5, 5.41) is 1.74. The zero-order valence-corrected chi connectivity index (χ0v) is 7.31. The summed E-state index contributed by atoms with van der Waals surface area (Å²) in [6, 6.07) is 0. The first kappa shape index (κ1) is 6.47. The molecule has 0 aromatic heterocycles. The summed E-state index contributed by atoms with van der Waals surface area (Å²) in [5.41, 5.74) is 0.676. The van der Waals surface area contributed by atoms with Crippen LogP contribution in [0.4, 0.5) is 0 Å². The van der Waals surface area contributed by atoms with Gasteiger partial charge in [0.2, 0.25) is 0 Å². The molecule has 0 amide bonds. The minimum Gasteiger partial charge on any atom is -0.317 e. The molecule has 64 valence electrons. The van der Waals surface area contributed by atoms with Crippen LogP contribution in [0.25, 0.3) is 0 Å². The van der Waals surface area contributed by atoms with Crippen LogP contribution in [-0.2, 0) is 0 Å². The maximum absolute atomic E-state index is 7.51. The van der Waals surface area contributed by atoms with Gasteiger partial charge in [-0.15, -0.1) is 0 Å². The zero-order valence-electron chi connectivity index (χ0n) is 8.31. The normalized spacial score (nSPS) is 33.6. The van der Waals surface area contributed by atoms with Crippen LogP contribution in [0.3, 0.4) is 0 Å². The quantitative estimate of drug-likeness (QED) is 0.564. The Kier molecular flexibility index (Phi) is 1.85. The second-order valence-electron chi connectivity index (χ2n) is 4.23. The SMILES string of the molecule is [2H]N1CCC2(CCCCC2)CC1. The van der Waals surface area contributed by atoms with Gasteiger partial charge >= 0.3 is 0 Å². The second kappa shape index (κ2) is 3.14. The lowest BCUT2D eigenvalue weighted by Crippen LogP contribution is -2.37. The monoisotopic (exact) mass is 154 g/mol. The van der Waals surface area contributed by atoms with Gasteiger partial charge in [-0.1, -0.05) is 19.3 Å². The van der Waals surface area contributed by atoms with Crippen LogP contribution in [0.1, 0.15) is 44.9 Å². The highest BCUT2D eigenvalue weighted by atomic mass is 14.9. The molecule has 2 aliphatic rings. The molecule has 0 atom stereocenters. The molecule has 0 unspecified atom stereocenters. The summed E-state index contributed by atoms with van der Waals surface area (Å²) in [4.78, 5) is 0. The highest BCUT2D eigenvalue weighted by Gasteiger charge is 2.32. The van der Waals surface area contributed by atoms with Gasteiger partial charge in [-0.05, 0) is 44.2 Å². The van der Waals surface area contributed by atoms with E-state index in [9.17, 15) is 0 Å². The zero-order chi connectivity index (χ0) is 8.44. The molecule has 0 aromatic rings. The molecule has 0 radical (unpaired) electrons. The lowest BCUT2D eigenvalue weighted by atomic mass is 9.68. The van der Waals surface area contributed by atoms with Gasteiger partial charge in [0, 0.05) is 0 Å². The topological polar surface area (TPSA) is 12.0 Å². The van der Waals surface area contributed by atoms with Crippen molar-refractivity contribution in [1.29, 1.82) is 0 Å². The molecule has 1 saturated carbocycles. The van der Waals surface area contributed by atoms with Crippen molar-refractivity contribution in [2.75, 3.05) is 13.1 Å². The van der Waals surface area contributed by atoms with Gasteiger partial charge in [0.05, 0.1) is 0 Å². The average molecular weight is 154 g/mol. The van der Waals surface area contributed by atoms with Crippen LogP contribution in [0.2, 0.25) is 1.41 Å². The smallest absolute Gasteiger partial charge is 0.122 e. The molecule has 1 aliphatic carbocycles. The molecule has 1 spiro atoms. The van der Waals surface area contributed by atoms with Crippen molar-refractivity contribution in [3.8, 4) is 0 Å². The van der Waals surface area contributed by atoms with Gasteiger partial charge in [-0.2, -0.15) is 0 Å². The summed E-state index contributed by atoms with van der Waals surface area (Å²) < 4.78 is 7.51. The van der Waals surface area contributed by atoms with Gasteiger partial charge < -0.3 is 5.31 Å². The van der Waals surface area contributed by atoms with Crippen molar-refractivity contribution >= 4 is 0 Å². The number of rotatable bonds is 0. The minimum atomic E-state index is 0.676. The van der Waals surface area contributed by atoms with Crippen molar-refractivity contribution in [2.45, 2.75) is 44.9 Å². The van der Waals surface area contributed by atoms with E-state index in [1.807, 2.05) is 0 Å². The Hall–Kier alpha value is -0.0400. The van der Waals surface area contributed by atoms with Crippen molar-refractivity contribution in [1.82, 2.24) is 5.31 Å². The Labute approximate surface area is 71.0 Å². The fourth-order valence-electron chi connectivity index (χ4n) is 2.67. The highest BCUT2D eigenvalue weighted by molar-refractivity contribution is 4.86. The highest BCUT2D eigenvalue weighted by Crippen LogP contribution is 2.42. The Morgan fingerprint density at radius 1 is 0.909 bits per heavy atom. The molecule has 0 bridgehead atoms. The van der Waals surface area contributed by atoms with Crippen LogP contribution in [0, 0.1) is 5.41 Å². The number of piperidine rings is 1. The standard InChI is InChI=1S/C10H19N/c1-2-4-10(5-3-1)6-8-11-9-7-10/h11H,1-9H2/i/hD. The van der Waals surface area contributed by atoms with Crippen LogP contribution in [0.5, 0.6) is 0 Å². The van der Waals surface area contributed by atoms with Gasteiger partial charge in [-0.3, -0.25) is 0 Å². The van der Waals surface area contributed by atoms with Crippen molar-refractivity contribution < 1.29 is 1.41 Å². The van der Waals surface area contributed by atoms with Crippen LogP contribution in [0.15, 0.2) is 0 Å². The van der Waals surface area contributed by atoms with E-state index >= 15 is 0 Å². The fraction of sp³-hybridized carbons (Fsp3) is 1.00. The molecule has 1 heterocycles. The fourth-order valence-corrected chi connectivity index (χ4v) is 2.67. The van der Waals surface area contributed by atoms with E-state index in [1.165, 1.54) is 44.9 Å². The van der Waals surface area contributed by atoms with Crippen molar-refractivity contribution in [3.05, 3.63) is 0 Å². The molecule has 1 nitrogen and oxygen atoms in total. The van der Waals surface area contributed by atoms with E-state index in [0.29, 0.717) is 5.41 Å². The molecule has 1 aliphatic heterocycles. The van der Waals surface area contributed by atoms with E-state index in [0.717, 1.165) is 13.1 Å². The minimum absolute atomic E-state index is 0.676. The summed E-state index contributed by atoms with van der Waals surface area (Å²) >= 11 is 0. The van der Waals surface area contributed by atoms with E-state index in [-0.39, 0.29) is 0 Å². The van der Waals surface area contributed by atoms with E-state index < -0.39 is 0 Å². The lowest BCUT2D eigenvalue weighted by molar-refractivity contribution is 0.134. The third kappa shape index (κ3) is 1.58. The predicted octanol–water partition coefficient (Wildman–Crippen LogP) is 2.32. The molecule has 1 saturated heterocycles. The molecule has 2 fully saturated rings. The van der Waals surface area contributed by atoms with Gasteiger partial charge in [-0.25, -0.2) is 0 Å². The number of hydrogen-bond acceptors (Lipinski definition) is 1. The Balaban J connectivity index is 1.92. The lowest BCUT2D eigenvalue weighted by Gasteiger charge is -2.40. The first-order valence-electron chi connectivity index (χ1n) is 5.49. The maximum atomic E-state index is 7.51. The Bertz CT molecular complexity index is 142. The maximum Gasteiger partial charge on any atom is 0.122 e. The number of hydrogen-bond donors (Lipinski definition) is 1. The van der Waals surface area contributed by atoms with E-state index in [4.69, 9.17) is 1.41 Å². The van der Waals surface area contributed by atoms with Crippen molar-refractivity contribution in [2.24, 2.45) is 5.41 Å². The molecular formula is C10H19N. The Morgan fingerprint density at radius 3 is 2.18 bits per heavy atom. The molecular weight excluding hydrogens is 134 g/mol. The first-order valence-corrected chi connectivity index (χ1v) is 5.05. The summed E-state index contributed by atoms with van der Waals surface area (Å²) in [6.07, 6.45) is 9.80. The molecule has 2 rings (SSSR count). The third-order valence-electron chi connectivity index (χ3n) is 3.51. The predicted molar refractivity (Wildman–Crippen MR) is 47.6 cm³/mol. The first-order chi connectivity index (χ1) is 5.81. The van der Waals surface area contributed by atoms with Crippen LogP contribution >= 0.6 is 0 Å². The molecule has 11 heavy (non-hydrogen) atoms. The second-order valence-corrected chi connectivity index (χ2v) is 4.23. The number of nitrogens with one attached hydrogen (secondary N) is 1. The largest absolute Gasteiger partial charge is 0.317 e. The van der Waals surface area contributed by atoms with Crippen molar-refractivity contribution in [3.63, 3.8) is 0 Å². The van der Waals surface area contributed by atoms with Gasteiger partial charge in [0.1, 0.15) is 1.41 Å². The summed E-state index contributed by atoms with van der Waals surface area (Å²) in [6.45, 7) is 2.03. The molecule has 1 N–H and O–H groups in total. The van der Waals surface area contributed by atoms with E-state index in [1.54, 1.807) is 5.31 Å². The molecule has 0 aromatic carbocycles. The third-order valence-corrected chi connectivity index (χ3v) is 3.51. The Morgan fingerprint density at radius 2 is 1.55 bits per heavy atom. The van der Waals surface area contributed by atoms with Gasteiger partial charge in [0.15, 0.2) is 0 Å². The molecule has 1 heteroatoms. The van der Waals surface area contributed by atoms with Crippen LogP contribution in [-0.4, -0.2) is 13.1 Å². The van der Waals surface area contributed by atoms with E-state index in [2.05, 4.69) is 0 Å². The summed E-state index contributed by atoms with van der Waals surface area (Å²) in [5.74, 6) is 0. The van der Waals surface area contributed by atoms with Gasteiger partial charge in [0.25, 0.3) is 0 Å². The summed E-state index contributed by atoms with van der Waals surface area (Å²) in [7, 11) is 0.